The van der Waals surface area contributed by atoms with Crippen LogP contribution in [0, 0.1) is 13.8 Å². The first-order valence-corrected chi connectivity index (χ1v) is 6.76. The Balaban J connectivity index is 2.53. The molecule has 20 heavy (non-hydrogen) atoms. The molecule has 0 radical (unpaired) electrons. The van der Waals surface area contributed by atoms with Crippen molar-refractivity contribution in [3.8, 4) is 5.69 Å². The maximum atomic E-state index is 10.9. The van der Waals surface area contributed by atoms with Gasteiger partial charge in [0.25, 0.3) is 0 Å². The highest BCUT2D eigenvalue weighted by molar-refractivity contribution is 5.69. The number of aryl methyl sites for hydroxylation is 2. The standard InChI is InChI=1S/C16H20N2O2/c1-10(2)15-8-13(9-16(19)20)17-18(15)14-6-5-11(3)7-12(14)4/h5-8,10H,9H2,1-4H3,(H,19,20). The van der Waals surface area contributed by atoms with Crippen LogP contribution < -0.4 is 0 Å². The second kappa shape index (κ2) is 5.49. The zero-order valence-corrected chi connectivity index (χ0v) is 12.3. The van der Waals surface area contributed by atoms with Crippen LogP contribution in [-0.4, -0.2) is 20.9 Å². The highest BCUT2D eigenvalue weighted by atomic mass is 16.4. The first-order chi connectivity index (χ1) is 9.38. The molecular formula is C16H20N2O2. The van der Waals surface area contributed by atoms with Crippen molar-refractivity contribution in [3.05, 3.63) is 46.8 Å². The molecule has 1 N–H and O–H groups in total. The minimum absolute atomic E-state index is 0.0440. The molecule has 4 heteroatoms. The van der Waals surface area contributed by atoms with Crippen molar-refractivity contribution in [3.63, 3.8) is 0 Å². The summed E-state index contributed by atoms with van der Waals surface area (Å²) in [5.74, 6) is -0.573. The highest BCUT2D eigenvalue weighted by Crippen LogP contribution is 2.23. The van der Waals surface area contributed by atoms with Gasteiger partial charge in [-0.1, -0.05) is 31.5 Å². The number of hydrogen-bond donors (Lipinski definition) is 1. The van der Waals surface area contributed by atoms with Gasteiger partial charge in [0.15, 0.2) is 0 Å². The number of carboxylic acids is 1. The smallest absolute Gasteiger partial charge is 0.309 e. The quantitative estimate of drug-likeness (QED) is 0.929. The van der Waals surface area contributed by atoms with Gasteiger partial charge in [0.1, 0.15) is 0 Å². The molecule has 0 amide bonds. The SMILES string of the molecule is Cc1ccc(-n2nc(CC(=O)O)cc2C(C)C)c(C)c1. The van der Waals surface area contributed by atoms with Crippen molar-refractivity contribution in [2.75, 3.05) is 0 Å². The number of benzene rings is 1. The van der Waals surface area contributed by atoms with Crippen LogP contribution >= 0.6 is 0 Å². The van der Waals surface area contributed by atoms with Crippen LogP contribution in [0.4, 0.5) is 0 Å². The van der Waals surface area contributed by atoms with Gasteiger partial charge in [0, 0.05) is 5.69 Å². The summed E-state index contributed by atoms with van der Waals surface area (Å²) in [6.45, 7) is 8.27. The van der Waals surface area contributed by atoms with Crippen LogP contribution in [0.3, 0.4) is 0 Å². The lowest BCUT2D eigenvalue weighted by atomic mass is 10.1. The summed E-state index contributed by atoms with van der Waals surface area (Å²) in [5, 5.41) is 13.4. The Hall–Kier alpha value is -2.10. The van der Waals surface area contributed by atoms with E-state index in [2.05, 4.69) is 31.9 Å². The van der Waals surface area contributed by atoms with E-state index >= 15 is 0 Å². The molecule has 0 spiro atoms. The van der Waals surface area contributed by atoms with Crippen LogP contribution in [0.25, 0.3) is 5.69 Å². The third kappa shape index (κ3) is 2.90. The predicted octanol–water partition coefficient (Wildman–Crippen LogP) is 3.24. The number of rotatable bonds is 4. The minimum Gasteiger partial charge on any atom is -0.481 e. The van der Waals surface area contributed by atoms with Crippen LogP contribution in [0.1, 0.15) is 42.3 Å². The average Bonchev–Trinajstić information content (AvgIpc) is 2.71. The number of aromatic nitrogens is 2. The van der Waals surface area contributed by atoms with E-state index in [-0.39, 0.29) is 12.3 Å². The number of carbonyl (C=O) groups is 1. The number of nitrogens with zero attached hydrogens (tertiary/aromatic N) is 2. The Bertz CT molecular complexity index is 642. The Morgan fingerprint density at radius 2 is 2.00 bits per heavy atom. The zero-order chi connectivity index (χ0) is 14.9. The first-order valence-electron chi connectivity index (χ1n) is 6.76. The summed E-state index contributed by atoms with van der Waals surface area (Å²) >= 11 is 0. The fraction of sp³-hybridized carbons (Fsp3) is 0.375. The highest BCUT2D eigenvalue weighted by Gasteiger charge is 2.15. The molecule has 1 aromatic heterocycles. The molecule has 0 unspecified atom stereocenters. The first kappa shape index (κ1) is 14.3. The van der Waals surface area contributed by atoms with Crippen molar-refractivity contribution in [1.82, 2.24) is 9.78 Å². The van der Waals surface area contributed by atoms with Gasteiger partial charge in [-0.2, -0.15) is 5.10 Å². The van der Waals surface area contributed by atoms with Crippen LogP contribution in [-0.2, 0) is 11.2 Å². The van der Waals surface area contributed by atoms with Crippen molar-refractivity contribution >= 4 is 5.97 Å². The zero-order valence-electron chi connectivity index (χ0n) is 12.3. The van der Waals surface area contributed by atoms with E-state index in [1.807, 2.05) is 29.8 Å². The minimum atomic E-state index is -0.856. The molecule has 0 aliphatic carbocycles. The summed E-state index contributed by atoms with van der Waals surface area (Å²) in [4.78, 5) is 10.9. The van der Waals surface area contributed by atoms with E-state index in [0.717, 1.165) is 16.9 Å². The molecule has 2 rings (SSSR count). The summed E-state index contributed by atoms with van der Waals surface area (Å²) in [6.07, 6.45) is -0.0440. The van der Waals surface area contributed by atoms with Gasteiger partial charge in [-0.25, -0.2) is 4.68 Å². The summed E-state index contributed by atoms with van der Waals surface area (Å²) in [7, 11) is 0. The van der Waals surface area contributed by atoms with Gasteiger partial charge < -0.3 is 5.11 Å². The lowest BCUT2D eigenvalue weighted by Gasteiger charge is -2.12. The van der Waals surface area contributed by atoms with Crippen molar-refractivity contribution in [2.45, 2.75) is 40.0 Å². The van der Waals surface area contributed by atoms with E-state index in [0.29, 0.717) is 5.69 Å². The topological polar surface area (TPSA) is 55.1 Å². The summed E-state index contributed by atoms with van der Waals surface area (Å²) in [5.41, 5.74) is 4.98. The van der Waals surface area contributed by atoms with Crippen molar-refractivity contribution in [2.24, 2.45) is 0 Å². The maximum Gasteiger partial charge on any atom is 0.309 e. The van der Waals surface area contributed by atoms with Gasteiger partial charge >= 0.3 is 5.97 Å². The molecule has 1 aromatic carbocycles. The monoisotopic (exact) mass is 272 g/mol. The number of carboxylic acid groups (broad SMARTS) is 1. The maximum absolute atomic E-state index is 10.9. The molecule has 0 bridgehead atoms. The molecule has 0 aliphatic rings. The Kier molecular flexibility index (Phi) is 3.93. The number of hydrogen-bond acceptors (Lipinski definition) is 2. The average molecular weight is 272 g/mol. The third-order valence-corrected chi connectivity index (χ3v) is 3.29. The molecule has 1 heterocycles. The lowest BCUT2D eigenvalue weighted by Crippen LogP contribution is -2.06. The van der Waals surface area contributed by atoms with Gasteiger partial charge in [0.2, 0.25) is 0 Å². The van der Waals surface area contributed by atoms with Crippen LogP contribution in [0.15, 0.2) is 24.3 Å². The lowest BCUT2D eigenvalue weighted by molar-refractivity contribution is -0.136. The van der Waals surface area contributed by atoms with E-state index in [1.54, 1.807) is 0 Å². The van der Waals surface area contributed by atoms with Gasteiger partial charge in [0.05, 0.1) is 17.8 Å². The molecule has 0 aliphatic heterocycles. The van der Waals surface area contributed by atoms with Gasteiger partial charge in [-0.05, 0) is 37.5 Å². The fourth-order valence-corrected chi connectivity index (χ4v) is 2.34. The Morgan fingerprint density at radius 1 is 1.30 bits per heavy atom. The predicted molar refractivity (Wildman–Crippen MR) is 78.5 cm³/mol. The molecule has 0 fully saturated rings. The molecule has 4 nitrogen and oxygen atoms in total. The normalized spacial score (nSPS) is 11.1. The molecular weight excluding hydrogens is 252 g/mol. The van der Waals surface area contributed by atoms with E-state index < -0.39 is 5.97 Å². The Labute approximate surface area is 119 Å². The van der Waals surface area contributed by atoms with Crippen LogP contribution in [0.5, 0.6) is 0 Å². The van der Waals surface area contributed by atoms with Gasteiger partial charge in [-0.3, -0.25) is 4.79 Å². The largest absolute Gasteiger partial charge is 0.481 e. The van der Waals surface area contributed by atoms with Gasteiger partial charge in [-0.15, -0.1) is 0 Å². The van der Waals surface area contributed by atoms with E-state index in [1.165, 1.54) is 5.56 Å². The molecule has 0 atom stereocenters. The summed E-state index contributed by atoms with van der Waals surface area (Å²) < 4.78 is 1.87. The number of aliphatic carboxylic acids is 1. The third-order valence-electron chi connectivity index (χ3n) is 3.29. The van der Waals surface area contributed by atoms with Crippen molar-refractivity contribution < 1.29 is 9.90 Å². The van der Waals surface area contributed by atoms with E-state index in [9.17, 15) is 4.79 Å². The molecule has 106 valence electrons. The molecule has 2 aromatic rings. The molecule has 0 saturated carbocycles. The van der Waals surface area contributed by atoms with Crippen molar-refractivity contribution in [1.29, 1.82) is 0 Å². The second-order valence-electron chi connectivity index (χ2n) is 5.49. The fourth-order valence-electron chi connectivity index (χ4n) is 2.34. The second-order valence-corrected chi connectivity index (χ2v) is 5.49. The van der Waals surface area contributed by atoms with Crippen LogP contribution in [0.2, 0.25) is 0 Å². The summed E-state index contributed by atoms with van der Waals surface area (Å²) in [6, 6.07) is 8.08. The van der Waals surface area contributed by atoms with E-state index in [4.69, 9.17) is 5.11 Å². The Morgan fingerprint density at radius 3 is 2.55 bits per heavy atom. The molecule has 0 saturated heterocycles.